The Bertz CT molecular complexity index is 716. The fraction of sp³-hybridized carbons (Fsp3) is 0.316. The molecule has 1 saturated heterocycles. The fourth-order valence-corrected chi connectivity index (χ4v) is 2.61. The number of pyridine rings is 1. The van der Waals surface area contributed by atoms with E-state index in [-0.39, 0.29) is 30.3 Å². The lowest BCUT2D eigenvalue weighted by Gasteiger charge is -2.27. The molecule has 0 spiro atoms. The summed E-state index contributed by atoms with van der Waals surface area (Å²) in [4.78, 5) is 30.6. The SMILES string of the molecule is CCC(=O)N1CC(=O)N(C)C1c1ccc(O)cc1.Cc1cccnc1. The van der Waals surface area contributed by atoms with Gasteiger partial charge in [0.2, 0.25) is 11.8 Å². The van der Waals surface area contributed by atoms with Crippen LogP contribution in [-0.4, -0.2) is 45.3 Å². The third kappa shape index (κ3) is 4.56. The van der Waals surface area contributed by atoms with Gasteiger partial charge in [0.05, 0.1) is 0 Å². The summed E-state index contributed by atoms with van der Waals surface area (Å²) in [5.74, 6) is 0.0414. The molecule has 1 N–H and O–H groups in total. The normalized spacial score (nSPS) is 16.4. The number of benzene rings is 1. The van der Waals surface area contributed by atoms with Gasteiger partial charge in [-0.1, -0.05) is 25.1 Å². The maximum absolute atomic E-state index is 11.9. The van der Waals surface area contributed by atoms with Gasteiger partial charge in [0.1, 0.15) is 18.5 Å². The molecule has 0 aliphatic carbocycles. The van der Waals surface area contributed by atoms with Crippen molar-refractivity contribution in [1.82, 2.24) is 14.8 Å². The number of amides is 2. The molecule has 0 bridgehead atoms. The van der Waals surface area contributed by atoms with E-state index in [0.29, 0.717) is 6.42 Å². The van der Waals surface area contributed by atoms with Gasteiger partial charge in [-0.15, -0.1) is 0 Å². The van der Waals surface area contributed by atoms with Crippen molar-refractivity contribution in [3.05, 3.63) is 59.9 Å². The summed E-state index contributed by atoms with van der Waals surface area (Å²) in [6.45, 7) is 3.92. The summed E-state index contributed by atoms with van der Waals surface area (Å²) in [6.07, 6.45) is 3.61. The highest BCUT2D eigenvalue weighted by Gasteiger charge is 2.38. The number of aromatic hydroxyl groups is 1. The summed E-state index contributed by atoms with van der Waals surface area (Å²) in [5.41, 5.74) is 2.03. The number of aryl methyl sites for hydroxylation is 1. The average molecular weight is 341 g/mol. The first-order valence-corrected chi connectivity index (χ1v) is 8.14. The molecule has 132 valence electrons. The summed E-state index contributed by atoms with van der Waals surface area (Å²) in [7, 11) is 1.68. The molecule has 2 amide bonds. The van der Waals surface area contributed by atoms with E-state index in [0.717, 1.165) is 5.56 Å². The fourth-order valence-electron chi connectivity index (χ4n) is 2.61. The lowest BCUT2D eigenvalue weighted by molar-refractivity contribution is -0.133. The molecule has 1 atom stereocenters. The summed E-state index contributed by atoms with van der Waals surface area (Å²) >= 11 is 0. The molecule has 25 heavy (non-hydrogen) atoms. The van der Waals surface area contributed by atoms with Crippen molar-refractivity contribution >= 4 is 11.8 Å². The van der Waals surface area contributed by atoms with Crippen LogP contribution in [0.5, 0.6) is 5.75 Å². The summed E-state index contributed by atoms with van der Waals surface area (Å²) < 4.78 is 0. The van der Waals surface area contributed by atoms with Gasteiger partial charge in [0.15, 0.2) is 0 Å². The van der Waals surface area contributed by atoms with Crippen LogP contribution in [-0.2, 0) is 9.59 Å². The van der Waals surface area contributed by atoms with E-state index < -0.39 is 0 Å². The Kier molecular flexibility index (Phi) is 6.11. The molecule has 6 nitrogen and oxygen atoms in total. The zero-order valence-corrected chi connectivity index (χ0v) is 14.7. The first-order valence-electron chi connectivity index (χ1n) is 8.14. The summed E-state index contributed by atoms with van der Waals surface area (Å²) in [5, 5.41) is 9.28. The molecule has 1 aliphatic heterocycles. The third-order valence-electron chi connectivity index (χ3n) is 3.98. The van der Waals surface area contributed by atoms with Crippen molar-refractivity contribution in [2.75, 3.05) is 13.6 Å². The Balaban J connectivity index is 0.000000269. The van der Waals surface area contributed by atoms with Crippen LogP contribution >= 0.6 is 0 Å². The Morgan fingerprint density at radius 2 is 1.96 bits per heavy atom. The highest BCUT2D eigenvalue weighted by molar-refractivity contribution is 5.88. The van der Waals surface area contributed by atoms with E-state index in [9.17, 15) is 14.7 Å². The second-order valence-corrected chi connectivity index (χ2v) is 5.88. The van der Waals surface area contributed by atoms with Gasteiger partial charge in [-0.3, -0.25) is 14.6 Å². The van der Waals surface area contributed by atoms with Crippen molar-refractivity contribution in [1.29, 1.82) is 0 Å². The number of carbonyl (C=O) groups is 2. The molecular formula is C19H23N3O3. The first kappa shape index (κ1) is 18.4. The van der Waals surface area contributed by atoms with Crippen molar-refractivity contribution in [3.63, 3.8) is 0 Å². The molecular weight excluding hydrogens is 318 g/mol. The van der Waals surface area contributed by atoms with E-state index in [1.54, 1.807) is 54.2 Å². The van der Waals surface area contributed by atoms with Gasteiger partial charge in [0, 0.05) is 25.9 Å². The number of rotatable bonds is 2. The standard InChI is InChI=1S/C13H16N2O3.C6H7N/c1-3-11(17)15-8-12(18)14(2)13(15)9-4-6-10(16)7-5-9;1-6-3-2-4-7-5-6/h4-7,13,16H,3,8H2,1-2H3;2-5H,1H3. The smallest absolute Gasteiger partial charge is 0.243 e. The van der Waals surface area contributed by atoms with E-state index in [2.05, 4.69) is 4.98 Å². The van der Waals surface area contributed by atoms with Crippen molar-refractivity contribution < 1.29 is 14.7 Å². The number of phenols is 1. The third-order valence-corrected chi connectivity index (χ3v) is 3.98. The monoisotopic (exact) mass is 341 g/mol. The van der Waals surface area contributed by atoms with Crippen LogP contribution in [0.1, 0.15) is 30.6 Å². The van der Waals surface area contributed by atoms with Crippen LogP contribution in [0.2, 0.25) is 0 Å². The number of hydrogen-bond acceptors (Lipinski definition) is 4. The zero-order chi connectivity index (χ0) is 18.4. The predicted molar refractivity (Wildman–Crippen MR) is 94.6 cm³/mol. The molecule has 0 radical (unpaired) electrons. The maximum Gasteiger partial charge on any atom is 0.243 e. The van der Waals surface area contributed by atoms with Crippen LogP contribution in [0.25, 0.3) is 0 Å². The van der Waals surface area contributed by atoms with Gasteiger partial charge in [-0.2, -0.15) is 0 Å². The van der Waals surface area contributed by atoms with E-state index >= 15 is 0 Å². The molecule has 1 aliphatic rings. The molecule has 6 heteroatoms. The highest BCUT2D eigenvalue weighted by atomic mass is 16.3. The van der Waals surface area contributed by atoms with Gasteiger partial charge in [0.25, 0.3) is 0 Å². The topological polar surface area (TPSA) is 73.7 Å². The van der Waals surface area contributed by atoms with Gasteiger partial charge < -0.3 is 14.9 Å². The predicted octanol–water partition coefficient (Wildman–Crippen LogP) is 2.49. The molecule has 2 heterocycles. The quantitative estimate of drug-likeness (QED) is 0.911. The minimum absolute atomic E-state index is 0.0502. The van der Waals surface area contributed by atoms with E-state index in [1.807, 2.05) is 25.3 Å². The molecule has 0 saturated carbocycles. The minimum Gasteiger partial charge on any atom is -0.508 e. The second-order valence-electron chi connectivity index (χ2n) is 5.88. The number of phenolic OH excluding ortho intramolecular Hbond substituents is 1. The van der Waals surface area contributed by atoms with E-state index in [4.69, 9.17) is 0 Å². The Morgan fingerprint density at radius 3 is 2.44 bits per heavy atom. The van der Waals surface area contributed by atoms with Crippen LogP contribution in [0.15, 0.2) is 48.8 Å². The number of hydrogen-bond donors (Lipinski definition) is 1. The summed E-state index contributed by atoms with van der Waals surface area (Å²) in [6, 6.07) is 10.5. The van der Waals surface area contributed by atoms with Crippen LogP contribution in [0.4, 0.5) is 0 Å². The lowest BCUT2D eigenvalue weighted by atomic mass is 10.1. The minimum atomic E-state index is -0.370. The molecule has 1 fully saturated rings. The Hall–Kier alpha value is -2.89. The Labute approximate surface area is 147 Å². The van der Waals surface area contributed by atoms with Gasteiger partial charge in [-0.25, -0.2) is 0 Å². The van der Waals surface area contributed by atoms with Crippen molar-refractivity contribution in [2.45, 2.75) is 26.4 Å². The van der Waals surface area contributed by atoms with E-state index in [1.165, 1.54) is 5.56 Å². The molecule has 1 aromatic heterocycles. The lowest BCUT2D eigenvalue weighted by Crippen LogP contribution is -2.33. The molecule has 2 aromatic rings. The van der Waals surface area contributed by atoms with Gasteiger partial charge >= 0.3 is 0 Å². The van der Waals surface area contributed by atoms with Crippen LogP contribution in [0.3, 0.4) is 0 Å². The van der Waals surface area contributed by atoms with Gasteiger partial charge in [-0.05, 0) is 36.2 Å². The second kappa shape index (κ2) is 8.28. The largest absolute Gasteiger partial charge is 0.508 e. The number of aromatic nitrogens is 1. The number of likely N-dealkylation sites (N-methyl/N-ethyl adjacent to an activating group) is 1. The van der Waals surface area contributed by atoms with Crippen LogP contribution < -0.4 is 0 Å². The molecule has 3 rings (SSSR count). The number of nitrogens with zero attached hydrogens (tertiary/aromatic N) is 3. The molecule has 1 aromatic carbocycles. The first-order chi connectivity index (χ1) is 11.9. The number of carbonyl (C=O) groups excluding carboxylic acids is 2. The zero-order valence-electron chi connectivity index (χ0n) is 14.7. The van der Waals surface area contributed by atoms with Crippen molar-refractivity contribution in [3.8, 4) is 5.75 Å². The highest BCUT2D eigenvalue weighted by Crippen LogP contribution is 2.30. The Morgan fingerprint density at radius 1 is 1.28 bits per heavy atom. The average Bonchev–Trinajstić information content (AvgIpc) is 2.91. The molecule has 1 unspecified atom stereocenters. The van der Waals surface area contributed by atoms with Crippen LogP contribution in [0, 0.1) is 6.92 Å². The van der Waals surface area contributed by atoms with Crippen molar-refractivity contribution in [2.24, 2.45) is 0 Å². The maximum atomic E-state index is 11.9.